The van der Waals surface area contributed by atoms with Crippen LogP contribution in [0.25, 0.3) is 10.3 Å². The Balaban J connectivity index is 1.29. The highest BCUT2D eigenvalue weighted by Crippen LogP contribution is 2.41. The van der Waals surface area contributed by atoms with Crippen molar-refractivity contribution in [2.24, 2.45) is 20.0 Å². The normalized spacial score (nSPS) is 14.6. The molecule has 0 aliphatic carbocycles. The fourth-order valence-electron chi connectivity index (χ4n) is 4.52. The van der Waals surface area contributed by atoms with Gasteiger partial charge in [-0.3, -0.25) is 4.68 Å². The SMILES string of the molecule is COc1cccc(N2CCC(Cc3nc4sc(C(=O)O)cc4n3C)CC2)c1Oc1ccn(C)n1. The van der Waals surface area contributed by atoms with Crippen molar-refractivity contribution in [3.05, 3.63) is 47.2 Å². The predicted molar refractivity (Wildman–Crippen MR) is 130 cm³/mol. The molecule has 1 aliphatic rings. The van der Waals surface area contributed by atoms with Crippen molar-refractivity contribution < 1.29 is 19.4 Å². The number of aromatic nitrogens is 4. The number of methoxy groups -OCH3 is 1. The molecule has 1 aliphatic heterocycles. The van der Waals surface area contributed by atoms with Gasteiger partial charge in [0.1, 0.15) is 15.5 Å². The maximum atomic E-state index is 11.2. The fourth-order valence-corrected chi connectivity index (χ4v) is 5.43. The summed E-state index contributed by atoms with van der Waals surface area (Å²) >= 11 is 1.24. The van der Waals surface area contributed by atoms with E-state index < -0.39 is 5.97 Å². The Hall–Kier alpha value is -3.53. The molecule has 0 bridgehead atoms. The number of carboxylic acid groups (broad SMARTS) is 1. The molecule has 178 valence electrons. The number of anilines is 1. The van der Waals surface area contributed by atoms with Gasteiger partial charge < -0.3 is 24.0 Å². The van der Waals surface area contributed by atoms with E-state index in [1.807, 2.05) is 43.1 Å². The van der Waals surface area contributed by atoms with Crippen molar-refractivity contribution in [1.82, 2.24) is 19.3 Å². The number of carboxylic acids is 1. The molecule has 1 N–H and O–H groups in total. The van der Waals surface area contributed by atoms with E-state index in [1.165, 1.54) is 11.3 Å². The number of imidazole rings is 1. The van der Waals surface area contributed by atoms with E-state index in [9.17, 15) is 9.90 Å². The standard InChI is InChI=1S/C24H27N5O4S/c1-27-10-9-21(26-27)33-22-16(5-4-6-18(22)32-3)29-11-7-15(8-12-29)13-20-25-23-17(28(20)2)14-19(34-23)24(30)31/h4-6,9-10,14-15H,7-8,11-13H2,1-3H3,(H,30,31). The molecule has 0 spiro atoms. The molecule has 1 saturated heterocycles. The highest BCUT2D eigenvalue weighted by Gasteiger charge is 2.26. The van der Waals surface area contributed by atoms with Crippen LogP contribution in [0.1, 0.15) is 28.3 Å². The minimum atomic E-state index is -0.902. The average Bonchev–Trinajstić information content (AvgIpc) is 3.51. The third-order valence-corrected chi connectivity index (χ3v) is 7.39. The number of para-hydroxylation sites is 1. The Morgan fingerprint density at radius 1 is 1.24 bits per heavy atom. The van der Waals surface area contributed by atoms with E-state index in [2.05, 4.69) is 16.1 Å². The number of rotatable bonds is 7. The van der Waals surface area contributed by atoms with E-state index in [0.717, 1.165) is 54.2 Å². The summed E-state index contributed by atoms with van der Waals surface area (Å²) < 4.78 is 15.5. The topological polar surface area (TPSA) is 94.6 Å². The van der Waals surface area contributed by atoms with Crippen molar-refractivity contribution in [3.63, 3.8) is 0 Å². The number of benzene rings is 1. The number of nitrogens with zero attached hydrogens (tertiary/aromatic N) is 5. The van der Waals surface area contributed by atoms with Gasteiger partial charge in [-0.15, -0.1) is 16.4 Å². The van der Waals surface area contributed by atoms with Crippen molar-refractivity contribution in [3.8, 4) is 17.4 Å². The zero-order chi connectivity index (χ0) is 23.8. The summed E-state index contributed by atoms with van der Waals surface area (Å²) in [6.45, 7) is 1.80. The first-order chi connectivity index (χ1) is 16.4. The number of carbonyl (C=O) groups is 1. The zero-order valence-corrected chi connectivity index (χ0v) is 20.2. The van der Waals surface area contributed by atoms with Crippen LogP contribution in [0.3, 0.4) is 0 Å². The lowest BCUT2D eigenvalue weighted by Gasteiger charge is -2.34. The van der Waals surface area contributed by atoms with Gasteiger partial charge in [0.2, 0.25) is 5.88 Å². The van der Waals surface area contributed by atoms with Crippen LogP contribution in [-0.4, -0.2) is 50.6 Å². The number of ether oxygens (including phenoxy) is 2. The molecule has 3 aromatic heterocycles. The summed E-state index contributed by atoms with van der Waals surface area (Å²) in [4.78, 5) is 19.4. The van der Waals surface area contributed by atoms with Gasteiger partial charge in [0, 0.05) is 45.9 Å². The fraction of sp³-hybridized carbons (Fsp3) is 0.375. The lowest BCUT2D eigenvalue weighted by atomic mass is 9.93. The first-order valence-electron chi connectivity index (χ1n) is 11.2. The van der Waals surface area contributed by atoms with Crippen LogP contribution in [0.15, 0.2) is 36.5 Å². The van der Waals surface area contributed by atoms with Gasteiger partial charge in [-0.1, -0.05) is 6.07 Å². The number of hydrogen-bond donors (Lipinski definition) is 1. The van der Waals surface area contributed by atoms with Crippen LogP contribution < -0.4 is 14.4 Å². The molecular formula is C24H27N5O4S. The number of aryl methyl sites for hydroxylation is 2. The van der Waals surface area contributed by atoms with Crippen molar-refractivity contribution in [2.75, 3.05) is 25.1 Å². The molecule has 1 fully saturated rings. The first kappa shape index (κ1) is 22.3. The summed E-state index contributed by atoms with van der Waals surface area (Å²) in [7, 11) is 5.47. The summed E-state index contributed by atoms with van der Waals surface area (Å²) in [6, 6.07) is 9.50. The highest BCUT2D eigenvalue weighted by atomic mass is 32.1. The molecular weight excluding hydrogens is 454 g/mol. The van der Waals surface area contributed by atoms with Gasteiger partial charge in [-0.2, -0.15) is 0 Å². The van der Waals surface area contributed by atoms with Gasteiger partial charge in [0.05, 0.1) is 18.3 Å². The maximum absolute atomic E-state index is 11.2. The van der Waals surface area contributed by atoms with Gasteiger partial charge >= 0.3 is 5.97 Å². The van der Waals surface area contributed by atoms with E-state index in [4.69, 9.17) is 14.5 Å². The van der Waals surface area contributed by atoms with Gasteiger partial charge in [0.25, 0.3) is 0 Å². The van der Waals surface area contributed by atoms with E-state index in [0.29, 0.717) is 28.2 Å². The van der Waals surface area contributed by atoms with Crippen LogP contribution in [0.2, 0.25) is 0 Å². The molecule has 0 amide bonds. The monoisotopic (exact) mass is 481 g/mol. The summed E-state index contributed by atoms with van der Waals surface area (Å²) in [5.74, 6) is 2.51. The van der Waals surface area contributed by atoms with Gasteiger partial charge in [-0.05, 0) is 37.0 Å². The number of hydrogen-bond acceptors (Lipinski definition) is 7. The lowest BCUT2D eigenvalue weighted by molar-refractivity contribution is 0.0702. The largest absolute Gasteiger partial charge is 0.493 e. The molecule has 0 unspecified atom stereocenters. The summed E-state index contributed by atoms with van der Waals surface area (Å²) in [6.07, 6.45) is 4.78. The molecule has 9 nitrogen and oxygen atoms in total. The predicted octanol–water partition coefficient (Wildman–Crippen LogP) is 4.33. The molecule has 10 heteroatoms. The second-order valence-electron chi connectivity index (χ2n) is 8.57. The Bertz CT molecular complexity index is 1330. The molecule has 5 rings (SSSR count). The second kappa shape index (κ2) is 9.02. The molecule has 4 aromatic rings. The van der Waals surface area contributed by atoms with Gasteiger partial charge in [0.15, 0.2) is 11.5 Å². The Labute approximate surface area is 201 Å². The third kappa shape index (κ3) is 4.21. The molecule has 0 saturated carbocycles. The Kier molecular flexibility index (Phi) is 5.91. The number of piperidine rings is 1. The molecule has 34 heavy (non-hydrogen) atoms. The van der Waals surface area contributed by atoms with Crippen molar-refractivity contribution >= 4 is 33.3 Å². The second-order valence-corrected chi connectivity index (χ2v) is 9.60. The van der Waals surface area contributed by atoms with Crippen LogP contribution in [0.4, 0.5) is 5.69 Å². The summed E-state index contributed by atoms with van der Waals surface area (Å²) in [5.41, 5.74) is 1.89. The number of aromatic carboxylic acids is 1. The minimum Gasteiger partial charge on any atom is -0.493 e. The van der Waals surface area contributed by atoms with Crippen molar-refractivity contribution in [1.29, 1.82) is 0 Å². The van der Waals surface area contributed by atoms with E-state index in [-0.39, 0.29) is 0 Å². The highest BCUT2D eigenvalue weighted by molar-refractivity contribution is 7.20. The van der Waals surface area contributed by atoms with Crippen LogP contribution in [-0.2, 0) is 20.5 Å². The van der Waals surface area contributed by atoms with Crippen LogP contribution >= 0.6 is 11.3 Å². The molecule has 1 aromatic carbocycles. The minimum absolute atomic E-state index is 0.329. The van der Waals surface area contributed by atoms with E-state index in [1.54, 1.807) is 17.9 Å². The maximum Gasteiger partial charge on any atom is 0.346 e. The lowest BCUT2D eigenvalue weighted by Crippen LogP contribution is -2.34. The number of thiophene rings is 1. The molecule has 0 radical (unpaired) electrons. The molecule has 4 heterocycles. The van der Waals surface area contributed by atoms with Crippen LogP contribution in [0, 0.1) is 5.92 Å². The van der Waals surface area contributed by atoms with Crippen molar-refractivity contribution in [2.45, 2.75) is 19.3 Å². The smallest absolute Gasteiger partial charge is 0.346 e. The quantitative estimate of drug-likeness (QED) is 0.420. The van der Waals surface area contributed by atoms with Crippen LogP contribution in [0.5, 0.6) is 17.4 Å². The van der Waals surface area contributed by atoms with E-state index >= 15 is 0 Å². The first-order valence-corrected chi connectivity index (χ1v) is 12.0. The third-order valence-electron chi connectivity index (χ3n) is 6.38. The number of fused-ring (bicyclic) bond motifs is 1. The zero-order valence-electron chi connectivity index (χ0n) is 19.4. The average molecular weight is 482 g/mol. The Morgan fingerprint density at radius 3 is 2.68 bits per heavy atom. The Morgan fingerprint density at radius 2 is 2.03 bits per heavy atom. The molecule has 0 atom stereocenters. The van der Waals surface area contributed by atoms with Gasteiger partial charge in [-0.25, -0.2) is 9.78 Å². The summed E-state index contributed by atoms with van der Waals surface area (Å²) in [5, 5.41) is 13.6.